The number of dihydropyridines is 1. The van der Waals surface area contributed by atoms with Gasteiger partial charge < -0.3 is 5.32 Å². The molecule has 4 heteroatoms. The van der Waals surface area contributed by atoms with Gasteiger partial charge in [0.2, 0.25) is 0 Å². The lowest BCUT2D eigenvalue weighted by Crippen LogP contribution is -2.14. The Kier molecular flexibility index (Phi) is 8.54. The second kappa shape index (κ2) is 14.4. The average molecular weight is 717 g/mol. The van der Waals surface area contributed by atoms with Crippen LogP contribution in [0.25, 0.3) is 88.3 Å². The van der Waals surface area contributed by atoms with Gasteiger partial charge in [0.25, 0.3) is 0 Å². The van der Waals surface area contributed by atoms with Gasteiger partial charge in [0, 0.05) is 66.6 Å². The highest BCUT2D eigenvalue weighted by Crippen LogP contribution is 2.40. The largest absolute Gasteiger partial charge is 0.386 e. The number of hydrogen-bond acceptors (Lipinski definition) is 4. The van der Waals surface area contributed by atoms with Crippen molar-refractivity contribution in [2.75, 3.05) is 6.54 Å². The first kappa shape index (κ1) is 33.2. The maximum Gasteiger partial charge on any atom is 0.0402 e. The third-order valence-electron chi connectivity index (χ3n) is 10.7. The summed E-state index contributed by atoms with van der Waals surface area (Å²) < 4.78 is 0. The minimum Gasteiger partial charge on any atom is -0.386 e. The fourth-order valence-electron chi connectivity index (χ4n) is 7.91. The molecule has 0 fully saturated rings. The van der Waals surface area contributed by atoms with Crippen molar-refractivity contribution in [1.29, 1.82) is 0 Å². The Labute approximate surface area is 326 Å². The molecule has 1 aliphatic rings. The van der Waals surface area contributed by atoms with Crippen molar-refractivity contribution in [3.63, 3.8) is 0 Å². The van der Waals surface area contributed by atoms with Gasteiger partial charge in [-0.1, -0.05) is 97.1 Å². The quantitative estimate of drug-likeness (QED) is 0.167. The summed E-state index contributed by atoms with van der Waals surface area (Å²) in [4.78, 5) is 13.3. The van der Waals surface area contributed by atoms with Gasteiger partial charge in [-0.15, -0.1) is 0 Å². The average Bonchev–Trinajstić information content (AvgIpc) is 3.29. The third-order valence-corrected chi connectivity index (χ3v) is 10.7. The van der Waals surface area contributed by atoms with Crippen LogP contribution in [-0.4, -0.2) is 21.5 Å². The number of rotatable bonds is 7. The van der Waals surface area contributed by atoms with Gasteiger partial charge in [-0.2, -0.15) is 0 Å². The molecule has 0 aliphatic carbocycles. The molecule has 4 nitrogen and oxygen atoms in total. The van der Waals surface area contributed by atoms with Gasteiger partial charge in [-0.05, 0) is 143 Å². The van der Waals surface area contributed by atoms with Crippen LogP contribution in [0.1, 0.15) is 11.1 Å². The molecule has 9 aromatic rings. The molecule has 10 rings (SSSR count). The molecule has 0 saturated heterocycles. The Bertz CT molecular complexity index is 2960. The lowest BCUT2D eigenvalue weighted by molar-refractivity contribution is 0.988. The molecule has 0 bridgehead atoms. The topological polar surface area (TPSA) is 50.7 Å². The lowest BCUT2D eigenvalue weighted by atomic mass is 9.88. The number of pyridine rings is 3. The van der Waals surface area contributed by atoms with Gasteiger partial charge >= 0.3 is 0 Å². The van der Waals surface area contributed by atoms with E-state index in [0.717, 1.165) is 67.8 Å². The van der Waals surface area contributed by atoms with E-state index in [1.54, 1.807) is 6.20 Å². The SMILES string of the molecule is C1=C(c2cccc(-c3cc(-c4cccc(-c5cncc(-c6cccnc6)c5)c4)cc(-c4cc5ccccc5c5ccccc45)c3)c2)C=C(c2cccnc2)CN1. The smallest absolute Gasteiger partial charge is 0.0402 e. The third kappa shape index (κ3) is 6.44. The molecule has 1 N–H and O–H groups in total. The number of fused-ring (bicyclic) bond motifs is 3. The summed E-state index contributed by atoms with van der Waals surface area (Å²) in [6, 6.07) is 54.9. The highest BCUT2D eigenvalue weighted by molar-refractivity contribution is 6.14. The Morgan fingerprint density at radius 3 is 1.64 bits per heavy atom. The maximum absolute atomic E-state index is 4.63. The number of nitrogens with zero attached hydrogens (tertiary/aromatic N) is 3. The fraction of sp³-hybridized carbons (Fsp3) is 0.0192. The van der Waals surface area contributed by atoms with Crippen molar-refractivity contribution in [2.45, 2.75) is 0 Å². The molecule has 0 spiro atoms. The van der Waals surface area contributed by atoms with Crippen LogP contribution in [0.4, 0.5) is 0 Å². The van der Waals surface area contributed by atoms with Crippen LogP contribution >= 0.6 is 0 Å². The molecule has 1 aliphatic heterocycles. The van der Waals surface area contributed by atoms with E-state index >= 15 is 0 Å². The van der Waals surface area contributed by atoms with E-state index in [4.69, 9.17) is 0 Å². The van der Waals surface area contributed by atoms with Crippen molar-refractivity contribution in [1.82, 2.24) is 20.3 Å². The number of benzene rings is 6. The Hall–Kier alpha value is -7.43. The second-order valence-corrected chi connectivity index (χ2v) is 14.2. The summed E-state index contributed by atoms with van der Waals surface area (Å²) in [5.41, 5.74) is 15.9. The summed E-state index contributed by atoms with van der Waals surface area (Å²) in [6.07, 6.45) is 15.7. The molecule has 0 radical (unpaired) electrons. The summed E-state index contributed by atoms with van der Waals surface area (Å²) in [5, 5.41) is 8.48. The molecule has 0 unspecified atom stereocenters. The zero-order chi connectivity index (χ0) is 37.3. The van der Waals surface area contributed by atoms with Crippen LogP contribution in [0.15, 0.2) is 201 Å². The number of aromatic nitrogens is 3. The van der Waals surface area contributed by atoms with Crippen molar-refractivity contribution in [3.05, 3.63) is 212 Å². The number of nitrogens with one attached hydrogen (secondary N) is 1. The molecule has 0 amide bonds. The zero-order valence-electron chi connectivity index (χ0n) is 30.6. The summed E-state index contributed by atoms with van der Waals surface area (Å²) in [5.74, 6) is 0. The van der Waals surface area contributed by atoms with E-state index in [1.165, 1.54) is 38.2 Å². The van der Waals surface area contributed by atoms with Crippen LogP contribution < -0.4 is 5.32 Å². The van der Waals surface area contributed by atoms with Crippen LogP contribution in [0, 0.1) is 0 Å². The van der Waals surface area contributed by atoms with E-state index in [-0.39, 0.29) is 0 Å². The van der Waals surface area contributed by atoms with Gasteiger partial charge in [-0.3, -0.25) is 15.0 Å². The summed E-state index contributed by atoms with van der Waals surface area (Å²) >= 11 is 0. The maximum atomic E-state index is 4.63. The van der Waals surface area contributed by atoms with Gasteiger partial charge in [-0.25, -0.2) is 0 Å². The molecule has 264 valence electrons. The Morgan fingerprint density at radius 1 is 0.375 bits per heavy atom. The van der Waals surface area contributed by atoms with Crippen LogP contribution in [-0.2, 0) is 0 Å². The van der Waals surface area contributed by atoms with Gasteiger partial charge in [0.05, 0.1) is 0 Å². The van der Waals surface area contributed by atoms with Crippen molar-refractivity contribution < 1.29 is 0 Å². The number of hydrogen-bond donors (Lipinski definition) is 1. The van der Waals surface area contributed by atoms with Crippen molar-refractivity contribution in [3.8, 4) is 55.6 Å². The molecule has 0 saturated carbocycles. The zero-order valence-corrected chi connectivity index (χ0v) is 30.6. The molecular weight excluding hydrogens is 681 g/mol. The lowest BCUT2D eigenvalue weighted by Gasteiger charge is -2.17. The van der Waals surface area contributed by atoms with Crippen LogP contribution in [0.3, 0.4) is 0 Å². The first-order valence-corrected chi connectivity index (χ1v) is 18.9. The minimum absolute atomic E-state index is 0.767. The first-order valence-electron chi connectivity index (χ1n) is 18.9. The van der Waals surface area contributed by atoms with E-state index < -0.39 is 0 Å². The van der Waals surface area contributed by atoms with Gasteiger partial charge in [0.1, 0.15) is 0 Å². The molecule has 56 heavy (non-hydrogen) atoms. The first-order chi connectivity index (χ1) is 27.7. The van der Waals surface area contributed by atoms with E-state index in [2.05, 4.69) is 172 Å². The van der Waals surface area contributed by atoms with Crippen molar-refractivity contribution in [2.24, 2.45) is 0 Å². The summed E-state index contributed by atoms with van der Waals surface area (Å²) in [6.45, 7) is 0.767. The molecule has 6 aromatic carbocycles. The molecule has 0 atom stereocenters. The Balaban J connectivity index is 1.12. The highest BCUT2D eigenvalue weighted by atomic mass is 14.8. The van der Waals surface area contributed by atoms with E-state index in [1.807, 2.05) is 43.1 Å². The van der Waals surface area contributed by atoms with Crippen molar-refractivity contribution >= 4 is 32.7 Å². The number of allylic oxidation sites excluding steroid dienone is 2. The monoisotopic (exact) mass is 716 g/mol. The van der Waals surface area contributed by atoms with E-state index in [0.29, 0.717) is 0 Å². The predicted octanol–water partition coefficient (Wildman–Crippen LogP) is 12.5. The normalized spacial score (nSPS) is 12.6. The standard InChI is InChI=1S/C52H36N4/c1-2-16-49-39(9-1)28-52(51-18-4-3-17-50(49)51)44-24-42(35-10-5-12-37(21-35)45-26-47(33-55-31-45)40-14-7-19-53-29-40)23-43(25-44)36-11-6-13-38(22-36)46-27-48(34-56-32-46)41-15-8-20-54-30-41/h1-33,56H,34H2. The molecular formula is C52H36N4. The van der Waals surface area contributed by atoms with Gasteiger partial charge in [0.15, 0.2) is 0 Å². The minimum atomic E-state index is 0.767. The predicted molar refractivity (Wildman–Crippen MR) is 232 cm³/mol. The van der Waals surface area contributed by atoms with Crippen LogP contribution in [0.2, 0.25) is 0 Å². The second-order valence-electron chi connectivity index (χ2n) is 14.2. The fourth-order valence-corrected chi connectivity index (χ4v) is 7.91. The Morgan fingerprint density at radius 2 is 0.911 bits per heavy atom. The summed E-state index contributed by atoms with van der Waals surface area (Å²) in [7, 11) is 0. The highest BCUT2D eigenvalue weighted by Gasteiger charge is 2.15. The molecule has 4 heterocycles. The molecule has 3 aromatic heterocycles. The van der Waals surface area contributed by atoms with Crippen LogP contribution in [0.5, 0.6) is 0 Å². The van der Waals surface area contributed by atoms with E-state index in [9.17, 15) is 0 Å².